The van der Waals surface area contributed by atoms with Gasteiger partial charge in [-0.1, -0.05) is 6.07 Å². The number of fused-ring (bicyclic) bond motifs is 3. The van der Waals surface area contributed by atoms with Gasteiger partial charge in [-0.25, -0.2) is 4.39 Å². The molecule has 4 nitrogen and oxygen atoms in total. The minimum Gasteiger partial charge on any atom is -0.508 e. The van der Waals surface area contributed by atoms with Gasteiger partial charge in [-0.2, -0.15) is 0 Å². The highest BCUT2D eigenvalue weighted by molar-refractivity contribution is 6.14. The monoisotopic (exact) mass is 344 g/mol. The molecule has 3 heterocycles. The highest BCUT2D eigenvalue weighted by Gasteiger charge is 2.17. The van der Waals surface area contributed by atoms with Gasteiger partial charge in [-0.05, 0) is 42.0 Å². The lowest BCUT2D eigenvalue weighted by atomic mass is 10.0. The number of pyridine rings is 2. The molecule has 126 valence electrons. The van der Waals surface area contributed by atoms with Crippen LogP contribution in [-0.4, -0.2) is 14.5 Å². The second-order valence-electron chi connectivity index (χ2n) is 6.44. The number of aromatic nitrogens is 2. The average molecular weight is 344 g/mol. The first kappa shape index (κ1) is 14.8. The van der Waals surface area contributed by atoms with Gasteiger partial charge in [-0.15, -0.1) is 0 Å². The molecule has 0 aliphatic heterocycles. The van der Waals surface area contributed by atoms with Crippen molar-refractivity contribution in [1.29, 1.82) is 0 Å². The Hall–Kier alpha value is -3.47. The predicted molar refractivity (Wildman–Crippen MR) is 98.5 cm³/mol. The Morgan fingerprint density at radius 1 is 1.08 bits per heavy atom. The Balaban J connectivity index is 1.91. The standard InChI is InChI=1S/C21H13FN2O2/c22-14-3-4-19-16(7-14)17-8-15(25)9-18-20(17)24(19)11-13(21(18)26)6-12-2-1-5-23-10-12/h1-5,7-11,25H,6H2. The van der Waals surface area contributed by atoms with Crippen molar-refractivity contribution in [2.45, 2.75) is 6.42 Å². The molecule has 0 fully saturated rings. The fourth-order valence-corrected chi connectivity index (χ4v) is 3.68. The minimum atomic E-state index is -0.355. The van der Waals surface area contributed by atoms with Crippen LogP contribution in [0.3, 0.4) is 0 Å². The van der Waals surface area contributed by atoms with Crippen molar-refractivity contribution in [3.63, 3.8) is 0 Å². The molecule has 1 N–H and O–H groups in total. The van der Waals surface area contributed by atoms with Crippen LogP contribution in [-0.2, 0) is 6.42 Å². The van der Waals surface area contributed by atoms with Crippen molar-refractivity contribution < 1.29 is 9.50 Å². The second-order valence-corrected chi connectivity index (χ2v) is 6.44. The van der Waals surface area contributed by atoms with Gasteiger partial charge in [0, 0.05) is 41.3 Å². The lowest BCUT2D eigenvalue weighted by Gasteiger charge is -2.07. The van der Waals surface area contributed by atoms with Crippen LogP contribution in [0.15, 0.2) is 65.8 Å². The number of nitrogens with zero attached hydrogens (tertiary/aromatic N) is 2. The molecular weight excluding hydrogens is 331 g/mol. The largest absolute Gasteiger partial charge is 0.508 e. The molecule has 0 bridgehead atoms. The summed E-state index contributed by atoms with van der Waals surface area (Å²) in [6, 6.07) is 11.3. The summed E-state index contributed by atoms with van der Waals surface area (Å²) in [6.45, 7) is 0. The molecule has 0 aliphatic rings. The van der Waals surface area contributed by atoms with Gasteiger partial charge >= 0.3 is 0 Å². The van der Waals surface area contributed by atoms with Gasteiger partial charge in [0.25, 0.3) is 0 Å². The first-order valence-electron chi connectivity index (χ1n) is 8.22. The summed E-state index contributed by atoms with van der Waals surface area (Å²) < 4.78 is 15.7. The second kappa shape index (κ2) is 5.26. The molecule has 3 aromatic heterocycles. The smallest absolute Gasteiger partial charge is 0.193 e. The maximum Gasteiger partial charge on any atom is 0.193 e. The Morgan fingerprint density at radius 3 is 2.73 bits per heavy atom. The summed E-state index contributed by atoms with van der Waals surface area (Å²) in [5, 5.41) is 11.9. The number of halogens is 1. The van der Waals surface area contributed by atoms with Crippen LogP contribution in [0.25, 0.3) is 27.2 Å². The van der Waals surface area contributed by atoms with Crippen LogP contribution in [0, 0.1) is 5.82 Å². The number of phenolic OH excluding ortho intramolecular Hbond substituents is 1. The van der Waals surface area contributed by atoms with E-state index >= 15 is 0 Å². The van der Waals surface area contributed by atoms with Crippen LogP contribution >= 0.6 is 0 Å². The molecule has 0 spiro atoms. The SMILES string of the molecule is O=c1c(Cc2cccnc2)cn2c3ccc(F)cc3c3cc(O)cc1c32. The average Bonchev–Trinajstić information content (AvgIpc) is 2.93. The quantitative estimate of drug-likeness (QED) is 0.529. The summed E-state index contributed by atoms with van der Waals surface area (Å²) in [5.41, 5.74) is 2.88. The van der Waals surface area contributed by atoms with Gasteiger partial charge in [0.15, 0.2) is 5.43 Å². The van der Waals surface area contributed by atoms with Crippen molar-refractivity contribution >= 4 is 27.2 Å². The Kier molecular flexibility index (Phi) is 3.00. The van der Waals surface area contributed by atoms with Crippen molar-refractivity contribution in [1.82, 2.24) is 9.38 Å². The van der Waals surface area contributed by atoms with Crippen LogP contribution in [0.2, 0.25) is 0 Å². The molecule has 0 saturated heterocycles. The third kappa shape index (κ3) is 2.07. The molecule has 5 rings (SSSR count). The fraction of sp³-hybridized carbons (Fsp3) is 0.0476. The summed E-state index contributed by atoms with van der Waals surface area (Å²) in [4.78, 5) is 17.1. The van der Waals surface area contributed by atoms with E-state index in [1.165, 1.54) is 18.2 Å². The summed E-state index contributed by atoms with van der Waals surface area (Å²) in [7, 11) is 0. The third-order valence-electron chi connectivity index (χ3n) is 4.78. The van der Waals surface area contributed by atoms with Crippen LogP contribution in [0.1, 0.15) is 11.1 Å². The zero-order valence-electron chi connectivity index (χ0n) is 13.6. The molecule has 2 aromatic carbocycles. The zero-order valence-corrected chi connectivity index (χ0v) is 13.6. The molecule has 0 atom stereocenters. The lowest BCUT2D eigenvalue weighted by molar-refractivity contribution is 0.477. The topological polar surface area (TPSA) is 54.6 Å². The van der Waals surface area contributed by atoms with Crippen molar-refractivity contribution in [3.05, 3.63) is 88.2 Å². The van der Waals surface area contributed by atoms with Crippen molar-refractivity contribution in [2.75, 3.05) is 0 Å². The Morgan fingerprint density at radius 2 is 1.92 bits per heavy atom. The number of benzene rings is 2. The van der Waals surface area contributed by atoms with E-state index in [-0.39, 0.29) is 17.0 Å². The van der Waals surface area contributed by atoms with E-state index in [4.69, 9.17) is 0 Å². The number of phenols is 1. The van der Waals surface area contributed by atoms with Crippen molar-refractivity contribution in [2.24, 2.45) is 0 Å². The molecule has 0 saturated carbocycles. The highest BCUT2D eigenvalue weighted by atomic mass is 19.1. The predicted octanol–water partition coefficient (Wildman–Crippen LogP) is 3.87. The van der Waals surface area contributed by atoms with E-state index in [1.807, 2.05) is 22.7 Å². The molecule has 0 amide bonds. The van der Waals surface area contributed by atoms with E-state index in [1.54, 1.807) is 24.5 Å². The highest BCUT2D eigenvalue weighted by Crippen LogP contribution is 2.34. The van der Waals surface area contributed by atoms with E-state index < -0.39 is 0 Å². The van der Waals surface area contributed by atoms with E-state index in [0.29, 0.717) is 33.7 Å². The summed E-state index contributed by atoms with van der Waals surface area (Å²) in [5.74, 6) is -0.363. The fourth-order valence-electron chi connectivity index (χ4n) is 3.68. The lowest BCUT2D eigenvalue weighted by Crippen LogP contribution is -2.12. The van der Waals surface area contributed by atoms with Gasteiger partial charge < -0.3 is 9.51 Å². The molecule has 0 radical (unpaired) electrons. The first-order chi connectivity index (χ1) is 12.6. The van der Waals surface area contributed by atoms with Gasteiger partial charge in [-0.3, -0.25) is 9.78 Å². The number of aromatic hydroxyl groups is 1. The van der Waals surface area contributed by atoms with Crippen LogP contribution < -0.4 is 5.43 Å². The maximum absolute atomic E-state index is 13.8. The van der Waals surface area contributed by atoms with E-state index in [9.17, 15) is 14.3 Å². The van der Waals surface area contributed by atoms with Crippen LogP contribution in [0.4, 0.5) is 4.39 Å². The van der Waals surface area contributed by atoms with Crippen molar-refractivity contribution in [3.8, 4) is 5.75 Å². The molecule has 5 aromatic rings. The van der Waals surface area contributed by atoms with Gasteiger partial charge in [0.2, 0.25) is 0 Å². The first-order valence-corrected chi connectivity index (χ1v) is 8.22. The van der Waals surface area contributed by atoms with Gasteiger partial charge in [0.1, 0.15) is 11.6 Å². The molecule has 0 aliphatic carbocycles. The molecule has 26 heavy (non-hydrogen) atoms. The van der Waals surface area contributed by atoms with Gasteiger partial charge in [0.05, 0.1) is 16.4 Å². The molecular formula is C21H13FN2O2. The maximum atomic E-state index is 13.8. The molecule has 0 unspecified atom stereocenters. The summed E-state index contributed by atoms with van der Waals surface area (Å²) in [6.07, 6.45) is 5.66. The molecule has 5 heteroatoms. The normalized spacial score (nSPS) is 11.7. The minimum absolute atomic E-state index is 0.00760. The third-order valence-corrected chi connectivity index (χ3v) is 4.78. The Labute approximate surface area is 147 Å². The zero-order chi connectivity index (χ0) is 17.8. The number of hydrogen-bond acceptors (Lipinski definition) is 3. The summed E-state index contributed by atoms with van der Waals surface area (Å²) >= 11 is 0. The Bertz CT molecular complexity index is 1340. The van der Waals surface area contributed by atoms with E-state index in [2.05, 4.69) is 4.98 Å². The van der Waals surface area contributed by atoms with E-state index in [0.717, 1.165) is 11.1 Å². The van der Waals surface area contributed by atoms with Crippen LogP contribution in [0.5, 0.6) is 5.75 Å². The number of rotatable bonds is 2. The number of hydrogen-bond donors (Lipinski definition) is 1.